The van der Waals surface area contributed by atoms with Gasteiger partial charge in [0, 0.05) is 57.6 Å². The Bertz CT molecular complexity index is 737. The number of benzene rings is 1. The normalized spacial score (nSPS) is 15.1. The number of aliphatic imine (C=N–C) groups is 1. The number of nitrogens with one attached hydrogen (secondary N) is 2. The summed E-state index contributed by atoms with van der Waals surface area (Å²) in [6, 6.07) is 8.14. The van der Waals surface area contributed by atoms with Crippen molar-refractivity contribution in [1.82, 2.24) is 14.9 Å². The molecule has 10 heteroatoms. The summed E-state index contributed by atoms with van der Waals surface area (Å²) in [4.78, 5) is 9.28. The van der Waals surface area contributed by atoms with E-state index in [1.54, 1.807) is 14.0 Å². The number of anilines is 1. The second kappa shape index (κ2) is 13.1. The smallest absolute Gasteiger partial charge is 0.211 e. The Morgan fingerprint density at radius 1 is 1.21 bits per heavy atom. The van der Waals surface area contributed by atoms with Gasteiger partial charge < -0.3 is 19.9 Å². The summed E-state index contributed by atoms with van der Waals surface area (Å²) in [5.41, 5.74) is 1.17. The molecule has 29 heavy (non-hydrogen) atoms. The standard InChI is InChI=1S/C19H33N5O3S.HI/c1-4-20-19(21-10-7-11-22-28(25,26)5-2)24-14-12-23(13-15-24)17-8-6-9-18(16-17)27-3;/h6,8-9,16,22H,4-5,7,10-15H2,1-3H3,(H,20,21);1H. The van der Waals surface area contributed by atoms with Crippen LogP contribution < -0.4 is 19.7 Å². The number of piperazine rings is 1. The van der Waals surface area contributed by atoms with Gasteiger partial charge in [-0.1, -0.05) is 6.07 Å². The zero-order chi connectivity index (χ0) is 20.4. The Morgan fingerprint density at radius 3 is 2.55 bits per heavy atom. The molecule has 1 saturated heterocycles. The van der Waals surface area contributed by atoms with Gasteiger partial charge in [0.25, 0.3) is 0 Å². The number of sulfonamides is 1. The topological polar surface area (TPSA) is 86.3 Å². The summed E-state index contributed by atoms with van der Waals surface area (Å²) in [6.45, 7) is 9.08. The Morgan fingerprint density at radius 2 is 1.93 bits per heavy atom. The molecule has 1 fully saturated rings. The first-order valence-electron chi connectivity index (χ1n) is 9.88. The zero-order valence-corrected chi connectivity index (χ0v) is 20.7. The molecule has 0 bridgehead atoms. The molecule has 1 aromatic carbocycles. The van der Waals surface area contributed by atoms with Gasteiger partial charge in [-0.25, -0.2) is 13.1 Å². The van der Waals surface area contributed by atoms with Crippen LogP contribution in [0.1, 0.15) is 20.3 Å². The van der Waals surface area contributed by atoms with Gasteiger partial charge in [-0.05, 0) is 32.4 Å². The number of methoxy groups -OCH3 is 1. The number of halogens is 1. The van der Waals surface area contributed by atoms with E-state index >= 15 is 0 Å². The highest BCUT2D eigenvalue weighted by Gasteiger charge is 2.20. The average molecular weight is 539 g/mol. The van der Waals surface area contributed by atoms with E-state index in [1.165, 1.54) is 5.69 Å². The first kappa shape index (κ1) is 25.8. The molecule has 2 rings (SSSR count). The third-order valence-corrected chi connectivity index (χ3v) is 6.04. The fraction of sp³-hybridized carbons (Fsp3) is 0.632. The minimum Gasteiger partial charge on any atom is -0.497 e. The SMILES string of the molecule is CCNC(=NCCCNS(=O)(=O)CC)N1CCN(c2cccc(OC)c2)CC1.I. The van der Waals surface area contributed by atoms with Gasteiger partial charge in [-0.15, -0.1) is 24.0 Å². The van der Waals surface area contributed by atoms with Crippen molar-refractivity contribution >= 4 is 45.6 Å². The van der Waals surface area contributed by atoms with Crippen LogP contribution in [-0.4, -0.2) is 78.0 Å². The van der Waals surface area contributed by atoms with Crippen LogP contribution in [0, 0.1) is 0 Å². The molecule has 0 amide bonds. The van der Waals surface area contributed by atoms with Crippen LogP contribution in [0.2, 0.25) is 0 Å². The van der Waals surface area contributed by atoms with Crippen molar-refractivity contribution in [2.45, 2.75) is 20.3 Å². The molecule has 1 aliphatic heterocycles. The van der Waals surface area contributed by atoms with Crippen molar-refractivity contribution < 1.29 is 13.2 Å². The van der Waals surface area contributed by atoms with Gasteiger partial charge in [-0.3, -0.25) is 4.99 Å². The first-order valence-corrected chi connectivity index (χ1v) is 11.5. The summed E-state index contributed by atoms with van der Waals surface area (Å²) in [7, 11) is -1.44. The Kier molecular flexibility index (Phi) is 11.7. The Labute approximate surface area is 192 Å². The number of rotatable bonds is 9. The van der Waals surface area contributed by atoms with Gasteiger partial charge in [0.1, 0.15) is 5.75 Å². The second-order valence-corrected chi connectivity index (χ2v) is 8.66. The van der Waals surface area contributed by atoms with Crippen LogP contribution in [-0.2, 0) is 10.0 Å². The molecule has 8 nitrogen and oxygen atoms in total. The number of guanidine groups is 1. The van der Waals surface area contributed by atoms with Gasteiger partial charge >= 0.3 is 0 Å². The molecule has 1 aromatic rings. The van der Waals surface area contributed by atoms with Gasteiger partial charge in [-0.2, -0.15) is 0 Å². The fourth-order valence-electron chi connectivity index (χ4n) is 3.00. The lowest BCUT2D eigenvalue weighted by Gasteiger charge is -2.37. The summed E-state index contributed by atoms with van der Waals surface area (Å²) < 4.78 is 30.8. The Balaban J connectivity index is 0.00000420. The monoisotopic (exact) mass is 539 g/mol. The Hall–Kier alpha value is -1.27. The van der Waals surface area contributed by atoms with E-state index in [0.717, 1.165) is 44.4 Å². The van der Waals surface area contributed by atoms with Crippen LogP contribution in [0.25, 0.3) is 0 Å². The zero-order valence-electron chi connectivity index (χ0n) is 17.6. The van der Waals surface area contributed by atoms with E-state index < -0.39 is 10.0 Å². The van der Waals surface area contributed by atoms with E-state index in [9.17, 15) is 8.42 Å². The first-order chi connectivity index (χ1) is 13.5. The summed E-state index contributed by atoms with van der Waals surface area (Å²) in [5, 5.41) is 3.34. The lowest BCUT2D eigenvalue weighted by molar-refractivity contribution is 0.372. The van der Waals surface area contributed by atoms with E-state index in [0.29, 0.717) is 19.5 Å². The molecule has 166 valence electrons. The van der Waals surface area contributed by atoms with Crippen molar-refractivity contribution in [3.8, 4) is 5.75 Å². The molecule has 0 unspecified atom stereocenters. The molecular weight excluding hydrogens is 505 g/mol. The predicted molar refractivity (Wildman–Crippen MR) is 130 cm³/mol. The van der Waals surface area contributed by atoms with Gasteiger partial charge in [0.15, 0.2) is 5.96 Å². The van der Waals surface area contributed by atoms with E-state index in [4.69, 9.17) is 4.74 Å². The quantitative estimate of drug-likeness (QED) is 0.215. The van der Waals surface area contributed by atoms with Crippen molar-refractivity contribution in [3.05, 3.63) is 24.3 Å². The van der Waals surface area contributed by atoms with Crippen LogP contribution in [0.4, 0.5) is 5.69 Å². The van der Waals surface area contributed by atoms with Gasteiger partial charge in [0.2, 0.25) is 10.0 Å². The van der Waals surface area contributed by atoms with E-state index in [1.807, 2.05) is 12.1 Å². The molecule has 0 aliphatic carbocycles. The highest BCUT2D eigenvalue weighted by atomic mass is 127. The number of nitrogens with zero attached hydrogens (tertiary/aromatic N) is 3. The predicted octanol–water partition coefficient (Wildman–Crippen LogP) is 1.73. The minimum atomic E-state index is -3.13. The van der Waals surface area contributed by atoms with Crippen molar-refractivity contribution in [1.29, 1.82) is 0 Å². The van der Waals surface area contributed by atoms with E-state index in [2.05, 4.69) is 43.9 Å². The van der Waals surface area contributed by atoms with Crippen molar-refractivity contribution in [2.75, 3.05) is 63.6 Å². The third kappa shape index (κ3) is 8.55. The minimum absolute atomic E-state index is 0. The molecule has 1 heterocycles. The molecule has 0 spiro atoms. The highest BCUT2D eigenvalue weighted by Crippen LogP contribution is 2.22. The lowest BCUT2D eigenvalue weighted by Crippen LogP contribution is -2.52. The maximum Gasteiger partial charge on any atom is 0.211 e. The molecule has 0 atom stereocenters. The second-order valence-electron chi connectivity index (χ2n) is 6.56. The number of ether oxygens (including phenoxy) is 1. The molecule has 0 aromatic heterocycles. The number of hydrogen-bond donors (Lipinski definition) is 2. The largest absolute Gasteiger partial charge is 0.497 e. The fourth-order valence-corrected chi connectivity index (χ4v) is 3.66. The average Bonchev–Trinajstić information content (AvgIpc) is 2.73. The van der Waals surface area contributed by atoms with Crippen LogP contribution in [0.5, 0.6) is 5.75 Å². The number of hydrogen-bond acceptors (Lipinski definition) is 5. The highest BCUT2D eigenvalue weighted by molar-refractivity contribution is 14.0. The maximum absolute atomic E-state index is 11.5. The molecule has 1 aliphatic rings. The molecule has 2 N–H and O–H groups in total. The maximum atomic E-state index is 11.5. The molecule has 0 saturated carbocycles. The van der Waals surface area contributed by atoms with Crippen LogP contribution >= 0.6 is 24.0 Å². The van der Waals surface area contributed by atoms with Gasteiger partial charge in [0.05, 0.1) is 12.9 Å². The summed E-state index contributed by atoms with van der Waals surface area (Å²) >= 11 is 0. The van der Waals surface area contributed by atoms with Crippen molar-refractivity contribution in [3.63, 3.8) is 0 Å². The summed E-state index contributed by atoms with van der Waals surface area (Å²) in [5.74, 6) is 1.87. The molecule has 0 radical (unpaired) electrons. The van der Waals surface area contributed by atoms with Crippen LogP contribution in [0.15, 0.2) is 29.3 Å². The van der Waals surface area contributed by atoms with E-state index in [-0.39, 0.29) is 29.7 Å². The lowest BCUT2D eigenvalue weighted by atomic mass is 10.2. The summed E-state index contributed by atoms with van der Waals surface area (Å²) in [6.07, 6.45) is 0.678. The third-order valence-electron chi connectivity index (χ3n) is 4.63. The van der Waals surface area contributed by atoms with Crippen LogP contribution in [0.3, 0.4) is 0 Å². The van der Waals surface area contributed by atoms with Crippen molar-refractivity contribution in [2.24, 2.45) is 4.99 Å². The molecular formula is C19H34IN5O3S.